The number of ether oxygens (including phenoxy) is 2. The first-order valence-electron chi connectivity index (χ1n) is 10.9. The maximum absolute atomic E-state index is 12.7. The fourth-order valence-electron chi connectivity index (χ4n) is 3.59. The van der Waals surface area contributed by atoms with Crippen molar-refractivity contribution >= 4 is 17.6 Å². The number of hydrogen-bond donors (Lipinski definition) is 2. The summed E-state index contributed by atoms with van der Waals surface area (Å²) >= 11 is 0. The number of rotatable bonds is 12. The Morgan fingerprint density at radius 3 is 2.77 bits per heavy atom. The quantitative estimate of drug-likeness (QED) is 0.224. The van der Waals surface area contributed by atoms with E-state index in [1.54, 1.807) is 25.2 Å². The van der Waals surface area contributed by atoms with Crippen molar-refractivity contribution in [3.05, 3.63) is 24.3 Å². The second-order valence-electron chi connectivity index (χ2n) is 7.39. The number of carbonyl (C=O) groups excluding carboxylic acids is 1. The summed E-state index contributed by atoms with van der Waals surface area (Å²) in [5.41, 5.74) is 0.679. The molecule has 1 atom stereocenters. The number of esters is 1. The fourth-order valence-corrected chi connectivity index (χ4v) is 3.59. The molecule has 1 unspecified atom stereocenters. The van der Waals surface area contributed by atoms with Gasteiger partial charge in [0.1, 0.15) is 5.75 Å². The summed E-state index contributed by atoms with van der Waals surface area (Å²) in [4.78, 5) is 17.6. The first-order valence-corrected chi connectivity index (χ1v) is 10.9. The predicted molar refractivity (Wildman–Crippen MR) is 118 cm³/mol. The van der Waals surface area contributed by atoms with Gasteiger partial charge in [0.15, 0.2) is 5.96 Å². The highest BCUT2D eigenvalue weighted by Gasteiger charge is 2.25. The van der Waals surface area contributed by atoms with Crippen LogP contribution in [0.25, 0.3) is 0 Å². The Hall–Kier alpha value is -2.58. The van der Waals surface area contributed by atoms with Crippen molar-refractivity contribution in [1.29, 1.82) is 0 Å². The van der Waals surface area contributed by atoms with Crippen molar-refractivity contribution in [3.8, 4) is 5.75 Å². The number of halogens is 2. The predicted octanol–water partition coefficient (Wildman–Crippen LogP) is 3.55. The molecule has 1 aromatic rings. The number of aliphatic imine (C=N–C) groups is 1. The molecule has 0 radical (unpaired) electrons. The molecule has 0 bridgehead atoms. The summed E-state index contributed by atoms with van der Waals surface area (Å²) in [6.07, 6.45) is 5.20. The van der Waals surface area contributed by atoms with Crippen LogP contribution in [0.15, 0.2) is 29.3 Å². The van der Waals surface area contributed by atoms with Crippen LogP contribution in [0.1, 0.15) is 45.4 Å². The van der Waals surface area contributed by atoms with Crippen LogP contribution >= 0.6 is 0 Å². The summed E-state index contributed by atoms with van der Waals surface area (Å²) in [7, 11) is 1.73. The number of nitrogens with zero attached hydrogens (tertiary/aromatic N) is 2. The number of para-hydroxylation sites is 2. The van der Waals surface area contributed by atoms with Crippen molar-refractivity contribution in [2.45, 2.75) is 58.1 Å². The minimum atomic E-state index is -2.84. The van der Waals surface area contributed by atoms with Gasteiger partial charge in [0.25, 0.3) is 0 Å². The van der Waals surface area contributed by atoms with Crippen molar-refractivity contribution in [2.75, 3.05) is 38.2 Å². The van der Waals surface area contributed by atoms with E-state index < -0.39 is 6.61 Å². The SMILES string of the molecule is CCOC(=O)CCCCCCNC(=NC)NC1CCN(c2ccccc2OC(F)F)C1. The van der Waals surface area contributed by atoms with Crippen molar-refractivity contribution in [2.24, 2.45) is 4.99 Å². The standard InChI is InChI=1S/C22H34F2N4O3/c1-3-30-20(29)12-6-4-5-9-14-26-22(25-2)27-17-13-15-28(16-17)18-10-7-8-11-19(18)31-21(23)24/h7-8,10-11,17,21H,3-6,9,12-16H2,1-2H3,(H2,25,26,27). The van der Waals surface area contributed by atoms with E-state index in [9.17, 15) is 13.6 Å². The molecule has 0 aromatic heterocycles. The number of benzene rings is 1. The monoisotopic (exact) mass is 440 g/mol. The van der Waals surface area contributed by atoms with Crippen molar-refractivity contribution in [3.63, 3.8) is 0 Å². The molecule has 7 nitrogen and oxygen atoms in total. The molecule has 1 fully saturated rings. The van der Waals surface area contributed by atoms with Gasteiger partial charge < -0.3 is 25.0 Å². The van der Waals surface area contributed by atoms with E-state index >= 15 is 0 Å². The van der Waals surface area contributed by atoms with Gasteiger partial charge in [-0.05, 0) is 38.3 Å². The van der Waals surface area contributed by atoms with Crippen LogP contribution < -0.4 is 20.3 Å². The van der Waals surface area contributed by atoms with Gasteiger partial charge in [0.2, 0.25) is 0 Å². The zero-order chi connectivity index (χ0) is 22.5. The third-order valence-corrected chi connectivity index (χ3v) is 5.08. The number of alkyl halides is 2. The molecular weight excluding hydrogens is 406 g/mol. The molecule has 31 heavy (non-hydrogen) atoms. The Kier molecular flexibility index (Phi) is 10.9. The molecule has 1 aliphatic rings. The maximum Gasteiger partial charge on any atom is 0.387 e. The Labute approximate surface area is 183 Å². The first kappa shape index (κ1) is 24.7. The average Bonchev–Trinajstić information content (AvgIpc) is 3.20. The van der Waals surface area contributed by atoms with Crippen LogP contribution in [-0.2, 0) is 9.53 Å². The molecule has 1 aliphatic heterocycles. The Balaban J connectivity index is 1.68. The third kappa shape index (κ3) is 8.98. The molecule has 0 spiro atoms. The lowest BCUT2D eigenvalue weighted by molar-refractivity contribution is -0.143. The Morgan fingerprint density at radius 1 is 1.26 bits per heavy atom. The molecular formula is C22H34F2N4O3. The number of carbonyl (C=O) groups is 1. The van der Waals surface area contributed by atoms with Gasteiger partial charge >= 0.3 is 12.6 Å². The second kappa shape index (κ2) is 13.7. The molecule has 9 heteroatoms. The van der Waals surface area contributed by atoms with E-state index in [4.69, 9.17) is 4.74 Å². The molecule has 2 rings (SSSR count). The van der Waals surface area contributed by atoms with E-state index in [-0.39, 0.29) is 17.8 Å². The number of hydrogen-bond acceptors (Lipinski definition) is 5. The summed E-state index contributed by atoms with van der Waals surface area (Å²) in [5.74, 6) is 0.804. The van der Waals surface area contributed by atoms with Crippen LogP contribution in [0.2, 0.25) is 0 Å². The van der Waals surface area contributed by atoms with E-state index in [1.165, 1.54) is 0 Å². The normalized spacial score (nSPS) is 16.5. The molecule has 2 N–H and O–H groups in total. The van der Waals surface area contributed by atoms with Gasteiger partial charge in [-0.1, -0.05) is 25.0 Å². The first-order chi connectivity index (χ1) is 15.0. The lowest BCUT2D eigenvalue weighted by atomic mass is 10.1. The average molecular weight is 441 g/mol. The van der Waals surface area contributed by atoms with E-state index in [1.807, 2.05) is 17.9 Å². The third-order valence-electron chi connectivity index (χ3n) is 5.08. The van der Waals surface area contributed by atoms with Crippen LogP contribution in [0.5, 0.6) is 5.75 Å². The minimum Gasteiger partial charge on any atom is -0.466 e. The van der Waals surface area contributed by atoms with Gasteiger partial charge in [0.05, 0.1) is 12.3 Å². The number of anilines is 1. The Bertz CT molecular complexity index is 703. The number of nitrogens with one attached hydrogen (secondary N) is 2. The molecule has 0 aliphatic carbocycles. The summed E-state index contributed by atoms with van der Waals surface area (Å²) in [6.45, 7) is 1.63. The van der Waals surface area contributed by atoms with Gasteiger partial charge in [-0.3, -0.25) is 9.79 Å². The van der Waals surface area contributed by atoms with Gasteiger partial charge in [-0.15, -0.1) is 0 Å². The van der Waals surface area contributed by atoms with Crippen molar-refractivity contribution < 1.29 is 23.0 Å². The summed E-state index contributed by atoms with van der Waals surface area (Å²) < 4.78 is 34.9. The highest BCUT2D eigenvalue weighted by molar-refractivity contribution is 5.80. The molecule has 0 saturated carbocycles. The lowest BCUT2D eigenvalue weighted by Crippen LogP contribution is -2.44. The second-order valence-corrected chi connectivity index (χ2v) is 7.39. The zero-order valence-corrected chi connectivity index (χ0v) is 18.4. The van der Waals surface area contributed by atoms with Crippen LogP contribution in [0, 0.1) is 0 Å². The fraction of sp³-hybridized carbons (Fsp3) is 0.636. The molecule has 0 amide bonds. The van der Waals surface area contributed by atoms with Gasteiger partial charge in [-0.25, -0.2) is 0 Å². The van der Waals surface area contributed by atoms with E-state index in [0.717, 1.165) is 51.2 Å². The highest BCUT2D eigenvalue weighted by atomic mass is 19.3. The number of guanidine groups is 1. The minimum absolute atomic E-state index is 0.126. The Morgan fingerprint density at radius 2 is 2.03 bits per heavy atom. The smallest absolute Gasteiger partial charge is 0.387 e. The van der Waals surface area contributed by atoms with E-state index in [0.29, 0.717) is 25.3 Å². The molecule has 1 saturated heterocycles. The molecule has 1 heterocycles. The summed E-state index contributed by atoms with van der Waals surface area (Å²) in [6, 6.07) is 7.04. The van der Waals surface area contributed by atoms with Gasteiger partial charge in [-0.2, -0.15) is 8.78 Å². The maximum atomic E-state index is 12.7. The van der Waals surface area contributed by atoms with Gasteiger partial charge in [0, 0.05) is 39.1 Å². The van der Waals surface area contributed by atoms with Crippen LogP contribution in [0.3, 0.4) is 0 Å². The summed E-state index contributed by atoms with van der Waals surface area (Å²) in [5, 5.41) is 6.72. The van der Waals surface area contributed by atoms with Crippen LogP contribution in [-0.4, -0.2) is 57.9 Å². The zero-order valence-electron chi connectivity index (χ0n) is 18.4. The van der Waals surface area contributed by atoms with Crippen LogP contribution in [0.4, 0.5) is 14.5 Å². The van der Waals surface area contributed by atoms with E-state index in [2.05, 4.69) is 20.4 Å². The molecule has 1 aromatic carbocycles. The van der Waals surface area contributed by atoms with Crippen molar-refractivity contribution in [1.82, 2.24) is 10.6 Å². The highest BCUT2D eigenvalue weighted by Crippen LogP contribution is 2.31. The molecule has 174 valence electrons. The largest absolute Gasteiger partial charge is 0.466 e. The number of unbranched alkanes of at least 4 members (excludes halogenated alkanes) is 3. The topological polar surface area (TPSA) is 75.2 Å². The lowest BCUT2D eigenvalue weighted by Gasteiger charge is -2.22.